The quantitative estimate of drug-likeness (QED) is 0.388. The maximum absolute atomic E-state index is 12.7. The lowest BCUT2D eigenvalue weighted by atomic mass is 9.99. The molecule has 0 spiro atoms. The van der Waals surface area contributed by atoms with Crippen molar-refractivity contribution in [1.29, 1.82) is 0 Å². The summed E-state index contributed by atoms with van der Waals surface area (Å²) in [6.45, 7) is 13.2. The standard InChI is InChI=1S/C29H41Cl2N5O3/c1-4-38-27(39-5-2)18-33-29(37)23-16-26(31)28(32-17-23)35-14-15-36(21(3)19-35)25-10-12-34(13-11-25)20-22-6-8-24(30)9-7-22/h6-9,16-17,21,25,27H,4-5,10-15,18-20H2,1-3H3,(H,33,37)/t21-/m0/s1. The highest BCUT2D eigenvalue weighted by atomic mass is 35.5. The van der Waals surface area contributed by atoms with Crippen molar-refractivity contribution >= 4 is 34.9 Å². The van der Waals surface area contributed by atoms with Crippen LogP contribution in [0.5, 0.6) is 0 Å². The molecule has 2 aliphatic rings. The SMILES string of the molecule is CCOC(CNC(=O)c1cnc(N2CCN(C3CCN(Cc4ccc(Cl)cc4)CC3)[C@@H](C)C2)c(Cl)c1)OCC. The zero-order chi connectivity index (χ0) is 27.8. The number of carbonyl (C=O) groups excluding carboxylic acids is 1. The third kappa shape index (κ3) is 8.28. The van der Waals surface area contributed by atoms with E-state index in [4.69, 9.17) is 32.7 Å². The van der Waals surface area contributed by atoms with Crippen LogP contribution in [0.25, 0.3) is 0 Å². The van der Waals surface area contributed by atoms with Gasteiger partial charge in [0.15, 0.2) is 6.29 Å². The number of halogens is 2. The minimum Gasteiger partial charge on any atom is -0.353 e. The summed E-state index contributed by atoms with van der Waals surface area (Å²) in [4.78, 5) is 24.7. The molecule has 0 unspecified atom stereocenters. The molecule has 1 N–H and O–H groups in total. The van der Waals surface area contributed by atoms with E-state index in [1.54, 1.807) is 12.3 Å². The number of hydrogen-bond acceptors (Lipinski definition) is 7. The first-order valence-electron chi connectivity index (χ1n) is 14.0. The van der Waals surface area contributed by atoms with E-state index in [0.29, 0.717) is 35.9 Å². The van der Waals surface area contributed by atoms with E-state index >= 15 is 0 Å². The minimum absolute atomic E-state index is 0.249. The molecule has 2 aliphatic heterocycles. The summed E-state index contributed by atoms with van der Waals surface area (Å²) >= 11 is 12.7. The number of amides is 1. The van der Waals surface area contributed by atoms with Crippen molar-refractivity contribution in [2.45, 2.75) is 58.5 Å². The van der Waals surface area contributed by atoms with Gasteiger partial charge in [-0.2, -0.15) is 0 Å². The molecule has 4 rings (SSSR count). The lowest BCUT2D eigenvalue weighted by Gasteiger charge is -2.47. The van der Waals surface area contributed by atoms with Gasteiger partial charge in [0.1, 0.15) is 5.82 Å². The molecule has 39 heavy (non-hydrogen) atoms. The fraction of sp³-hybridized carbons (Fsp3) is 0.586. The number of piperidine rings is 1. The largest absolute Gasteiger partial charge is 0.353 e. The molecule has 1 atom stereocenters. The summed E-state index contributed by atoms with van der Waals surface area (Å²) in [5, 5.41) is 4.12. The molecule has 1 aromatic heterocycles. The Balaban J connectivity index is 1.26. The van der Waals surface area contributed by atoms with Crippen molar-refractivity contribution in [2.75, 3.05) is 57.4 Å². The molecular weight excluding hydrogens is 537 g/mol. The molecule has 1 aromatic carbocycles. The molecule has 2 aromatic rings. The first-order chi connectivity index (χ1) is 18.9. The highest BCUT2D eigenvalue weighted by Crippen LogP contribution is 2.29. The summed E-state index contributed by atoms with van der Waals surface area (Å²) in [6.07, 6.45) is 3.48. The molecule has 10 heteroatoms. The van der Waals surface area contributed by atoms with Gasteiger partial charge in [0, 0.05) is 62.7 Å². The van der Waals surface area contributed by atoms with Gasteiger partial charge in [-0.05, 0) is 70.5 Å². The lowest BCUT2D eigenvalue weighted by molar-refractivity contribution is -0.131. The summed E-state index contributed by atoms with van der Waals surface area (Å²) in [7, 11) is 0. The molecule has 0 aliphatic carbocycles. The monoisotopic (exact) mass is 577 g/mol. The predicted molar refractivity (Wildman–Crippen MR) is 157 cm³/mol. The summed E-state index contributed by atoms with van der Waals surface area (Å²) in [5.41, 5.74) is 1.74. The van der Waals surface area contributed by atoms with Crippen LogP contribution in [0, 0.1) is 0 Å². The number of piperazine rings is 1. The van der Waals surface area contributed by atoms with Crippen LogP contribution in [-0.2, 0) is 16.0 Å². The number of likely N-dealkylation sites (tertiary alicyclic amines) is 1. The fourth-order valence-corrected chi connectivity index (χ4v) is 5.98. The van der Waals surface area contributed by atoms with Crippen LogP contribution in [0.4, 0.5) is 5.82 Å². The molecule has 214 valence electrons. The molecular formula is C29H41Cl2N5O3. The van der Waals surface area contributed by atoms with E-state index in [9.17, 15) is 4.79 Å². The zero-order valence-electron chi connectivity index (χ0n) is 23.2. The third-order valence-corrected chi connectivity index (χ3v) is 8.07. The molecule has 1 amide bonds. The van der Waals surface area contributed by atoms with Gasteiger partial charge in [0.05, 0.1) is 17.1 Å². The number of rotatable bonds is 11. The summed E-state index contributed by atoms with van der Waals surface area (Å²) < 4.78 is 11.0. The van der Waals surface area contributed by atoms with E-state index in [0.717, 1.165) is 50.1 Å². The number of carbonyl (C=O) groups is 1. The van der Waals surface area contributed by atoms with Crippen molar-refractivity contribution in [1.82, 2.24) is 20.1 Å². The fourth-order valence-electron chi connectivity index (χ4n) is 5.57. The van der Waals surface area contributed by atoms with Crippen molar-refractivity contribution in [3.8, 4) is 0 Å². The van der Waals surface area contributed by atoms with E-state index in [2.05, 4.69) is 44.1 Å². The molecule has 0 saturated carbocycles. The Kier molecular flexibility index (Phi) is 11.3. The number of hydrogen-bond donors (Lipinski definition) is 1. The highest BCUT2D eigenvalue weighted by molar-refractivity contribution is 6.33. The Labute approximate surface area is 242 Å². The van der Waals surface area contributed by atoms with Crippen molar-refractivity contribution in [2.24, 2.45) is 0 Å². The number of aromatic nitrogens is 1. The van der Waals surface area contributed by atoms with Gasteiger partial charge >= 0.3 is 0 Å². The van der Waals surface area contributed by atoms with Crippen LogP contribution in [0.1, 0.15) is 49.5 Å². The van der Waals surface area contributed by atoms with Gasteiger partial charge in [-0.1, -0.05) is 35.3 Å². The molecule has 2 fully saturated rings. The topological polar surface area (TPSA) is 70.2 Å². The number of benzene rings is 1. The van der Waals surface area contributed by atoms with Gasteiger partial charge in [-0.25, -0.2) is 4.98 Å². The second-order valence-corrected chi connectivity index (χ2v) is 11.1. The smallest absolute Gasteiger partial charge is 0.253 e. The van der Waals surface area contributed by atoms with Gasteiger partial charge in [-0.3, -0.25) is 14.6 Å². The summed E-state index contributed by atoms with van der Waals surface area (Å²) in [5.74, 6) is 0.486. The van der Waals surface area contributed by atoms with Crippen LogP contribution in [-0.4, -0.2) is 91.5 Å². The van der Waals surface area contributed by atoms with Gasteiger partial charge in [0.2, 0.25) is 0 Å². The number of anilines is 1. The molecule has 0 bridgehead atoms. The first-order valence-corrected chi connectivity index (χ1v) is 14.8. The van der Waals surface area contributed by atoms with E-state index in [1.807, 2.05) is 26.0 Å². The molecule has 0 radical (unpaired) electrons. The maximum atomic E-state index is 12.7. The summed E-state index contributed by atoms with van der Waals surface area (Å²) in [6, 6.07) is 10.9. The molecule has 3 heterocycles. The Morgan fingerprint density at radius 2 is 1.77 bits per heavy atom. The first kappa shape index (κ1) is 30.0. The Morgan fingerprint density at radius 1 is 1.08 bits per heavy atom. The number of ether oxygens (including phenoxy) is 2. The number of pyridine rings is 1. The average Bonchev–Trinajstić information content (AvgIpc) is 2.93. The van der Waals surface area contributed by atoms with Crippen molar-refractivity contribution < 1.29 is 14.3 Å². The van der Waals surface area contributed by atoms with Crippen molar-refractivity contribution in [3.63, 3.8) is 0 Å². The van der Waals surface area contributed by atoms with Gasteiger partial charge in [-0.15, -0.1) is 0 Å². The zero-order valence-corrected chi connectivity index (χ0v) is 24.8. The maximum Gasteiger partial charge on any atom is 0.253 e. The second kappa shape index (κ2) is 14.6. The van der Waals surface area contributed by atoms with Crippen LogP contribution in [0.2, 0.25) is 10.0 Å². The van der Waals surface area contributed by atoms with Gasteiger partial charge in [0.25, 0.3) is 5.91 Å². The molecule has 2 saturated heterocycles. The van der Waals surface area contributed by atoms with Gasteiger partial charge < -0.3 is 19.7 Å². The van der Waals surface area contributed by atoms with Crippen LogP contribution < -0.4 is 10.2 Å². The average molecular weight is 579 g/mol. The number of nitrogens with one attached hydrogen (secondary N) is 1. The van der Waals surface area contributed by atoms with Crippen LogP contribution in [0.15, 0.2) is 36.5 Å². The predicted octanol–water partition coefficient (Wildman–Crippen LogP) is 4.69. The molecule has 8 nitrogen and oxygen atoms in total. The number of nitrogens with zero attached hydrogens (tertiary/aromatic N) is 4. The Morgan fingerprint density at radius 3 is 2.38 bits per heavy atom. The Bertz CT molecular complexity index is 1060. The van der Waals surface area contributed by atoms with Crippen LogP contribution >= 0.6 is 23.2 Å². The minimum atomic E-state index is -0.472. The third-order valence-electron chi connectivity index (χ3n) is 7.54. The van der Waals surface area contributed by atoms with E-state index in [1.165, 1.54) is 18.4 Å². The lowest BCUT2D eigenvalue weighted by Crippen LogP contribution is -2.57. The Hall–Kier alpha value is -1.94. The highest BCUT2D eigenvalue weighted by Gasteiger charge is 2.32. The van der Waals surface area contributed by atoms with Crippen LogP contribution in [0.3, 0.4) is 0 Å². The van der Waals surface area contributed by atoms with Crippen molar-refractivity contribution in [3.05, 3.63) is 57.7 Å². The normalized spacial score (nSPS) is 19.5. The second-order valence-electron chi connectivity index (χ2n) is 10.2. The van der Waals surface area contributed by atoms with E-state index < -0.39 is 6.29 Å². The van der Waals surface area contributed by atoms with E-state index in [-0.39, 0.29) is 12.5 Å².